The van der Waals surface area contributed by atoms with Gasteiger partial charge in [-0.05, 0) is 31.0 Å². The quantitative estimate of drug-likeness (QED) is 0.841. The second-order valence-corrected chi connectivity index (χ2v) is 5.76. The van der Waals surface area contributed by atoms with Crippen molar-refractivity contribution < 1.29 is 4.79 Å². The molecule has 2 aromatic rings. The summed E-state index contributed by atoms with van der Waals surface area (Å²) in [4.78, 5) is 18.7. The first-order valence-corrected chi connectivity index (χ1v) is 7.35. The van der Waals surface area contributed by atoms with Crippen molar-refractivity contribution in [2.45, 2.75) is 32.1 Å². The van der Waals surface area contributed by atoms with E-state index in [1.807, 2.05) is 36.9 Å². The molecule has 1 fully saturated rings. The van der Waals surface area contributed by atoms with Gasteiger partial charge < -0.3 is 9.47 Å². The molecule has 4 heteroatoms. The van der Waals surface area contributed by atoms with Crippen molar-refractivity contribution in [2.75, 3.05) is 11.9 Å². The van der Waals surface area contributed by atoms with E-state index in [2.05, 4.69) is 4.98 Å². The molecule has 4 nitrogen and oxygen atoms in total. The number of aryl methyl sites for hydroxylation is 1. The number of rotatable bonds is 2. The zero-order valence-corrected chi connectivity index (χ0v) is 12.2. The monoisotopic (exact) mass is 271 g/mol. The number of imidazole rings is 1. The summed E-state index contributed by atoms with van der Waals surface area (Å²) in [6.07, 6.45) is 7.52. The van der Waals surface area contributed by atoms with Crippen LogP contribution in [0.25, 0.3) is 11.0 Å². The van der Waals surface area contributed by atoms with Crippen LogP contribution in [0.1, 0.15) is 32.1 Å². The van der Waals surface area contributed by atoms with Crippen LogP contribution in [0.3, 0.4) is 0 Å². The first-order chi connectivity index (χ1) is 9.66. The lowest BCUT2D eigenvalue weighted by atomic mass is 9.88. The molecule has 1 amide bonds. The predicted octanol–water partition coefficient (Wildman–Crippen LogP) is 3.12. The largest absolute Gasteiger partial charge is 0.334 e. The van der Waals surface area contributed by atoms with E-state index in [0.717, 1.165) is 29.6 Å². The third kappa shape index (κ3) is 2.30. The number of carbonyl (C=O) groups excluding carboxylic acids is 1. The summed E-state index contributed by atoms with van der Waals surface area (Å²) >= 11 is 0. The highest BCUT2D eigenvalue weighted by atomic mass is 16.2. The van der Waals surface area contributed by atoms with E-state index in [4.69, 9.17) is 0 Å². The highest BCUT2D eigenvalue weighted by Gasteiger charge is 2.24. The SMILES string of the molecule is CN(C(=O)C1CCCCC1)c1ccc2c(c1)ncn2C. The fourth-order valence-corrected chi connectivity index (χ4v) is 3.08. The Labute approximate surface area is 119 Å². The highest BCUT2D eigenvalue weighted by Crippen LogP contribution is 2.28. The van der Waals surface area contributed by atoms with Gasteiger partial charge in [0.05, 0.1) is 17.4 Å². The summed E-state index contributed by atoms with van der Waals surface area (Å²) < 4.78 is 1.99. The van der Waals surface area contributed by atoms with Crippen LogP contribution in [0, 0.1) is 5.92 Å². The minimum atomic E-state index is 0.202. The van der Waals surface area contributed by atoms with Crippen molar-refractivity contribution in [3.8, 4) is 0 Å². The Balaban J connectivity index is 1.83. The van der Waals surface area contributed by atoms with Gasteiger partial charge in [-0.2, -0.15) is 0 Å². The average Bonchev–Trinajstić information content (AvgIpc) is 2.87. The van der Waals surface area contributed by atoms with E-state index in [1.165, 1.54) is 19.3 Å². The Morgan fingerprint density at radius 2 is 2.05 bits per heavy atom. The average molecular weight is 271 g/mol. The molecule has 1 aliphatic carbocycles. The molecule has 0 unspecified atom stereocenters. The number of amides is 1. The summed E-state index contributed by atoms with van der Waals surface area (Å²) in [5, 5.41) is 0. The van der Waals surface area contributed by atoms with Crippen LogP contribution in [0.5, 0.6) is 0 Å². The molecule has 0 radical (unpaired) electrons. The Morgan fingerprint density at radius 1 is 1.30 bits per heavy atom. The zero-order chi connectivity index (χ0) is 14.1. The molecule has 0 aliphatic heterocycles. The van der Waals surface area contributed by atoms with E-state index < -0.39 is 0 Å². The van der Waals surface area contributed by atoms with Crippen molar-refractivity contribution in [3.05, 3.63) is 24.5 Å². The maximum atomic E-state index is 12.5. The molecule has 0 saturated heterocycles. The van der Waals surface area contributed by atoms with Gasteiger partial charge in [-0.15, -0.1) is 0 Å². The Hall–Kier alpha value is -1.84. The number of hydrogen-bond donors (Lipinski definition) is 0. The molecule has 1 aromatic heterocycles. The third-order valence-corrected chi connectivity index (χ3v) is 4.38. The molecule has 20 heavy (non-hydrogen) atoms. The van der Waals surface area contributed by atoms with Gasteiger partial charge in [0.2, 0.25) is 5.91 Å². The fraction of sp³-hybridized carbons (Fsp3) is 0.500. The van der Waals surface area contributed by atoms with Crippen LogP contribution in [0.4, 0.5) is 5.69 Å². The number of anilines is 1. The molecule has 106 valence electrons. The number of hydrogen-bond acceptors (Lipinski definition) is 2. The van der Waals surface area contributed by atoms with Crippen LogP contribution in [0.2, 0.25) is 0 Å². The minimum Gasteiger partial charge on any atom is -0.334 e. The van der Waals surface area contributed by atoms with Gasteiger partial charge in [0.15, 0.2) is 0 Å². The summed E-state index contributed by atoms with van der Waals surface area (Å²) in [7, 11) is 3.85. The van der Waals surface area contributed by atoms with Gasteiger partial charge in [0, 0.05) is 25.7 Å². The maximum Gasteiger partial charge on any atom is 0.229 e. The fourth-order valence-electron chi connectivity index (χ4n) is 3.08. The number of aromatic nitrogens is 2. The van der Waals surface area contributed by atoms with Crippen molar-refractivity contribution in [1.82, 2.24) is 9.55 Å². The smallest absolute Gasteiger partial charge is 0.229 e. The van der Waals surface area contributed by atoms with E-state index in [0.29, 0.717) is 0 Å². The highest BCUT2D eigenvalue weighted by molar-refractivity contribution is 5.96. The summed E-state index contributed by atoms with van der Waals surface area (Å²) in [6, 6.07) is 6.03. The van der Waals surface area contributed by atoms with Crippen LogP contribution in [-0.2, 0) is 11.8 Å². The molecule has 3 rings (SSSR count). The summed E-state index contributed by atoms with van der Waals surface area (Å²) in [6.45, 7) is 0. The van der Waals surface area contributed by atoms with Crippen molar-refractivity contribution >= 4 is 22.6 Å². The van der Waals surface area contributed by atoms with Crippen LogP contribution < -0.4 is 4.90 Å². The molecule has 0 spiro atoms. The van der Waals surface area contributed by atoms with Crippen LogP contribution in [0.15, 0.2) is 24.5 Å². The standard InChI is InChI=1S/C16H21N3O/c1-18-11-17-14-10-13(8-9-15(14)18)19(2)16(20)12-6-4-3-5-7-12/h8-12H,3-7H2,1-2H3. The lowest BCUT2D eigenvalue weighted by Crippen LogP contribution is -2.33. The van der Waals surface area contributed by atoms with Gasteiger partial charge in [-0.1, -0.05) is 19.3 Å². The normalized spacial score (nSPS) is 16.5. The van der Waals surface area contributed by atoms with E-state index >= 15 is 0 Å². The molecular weight excluding hydrogens is 250 g/mol. The van der Waals surface area contributed by atoms with Gasteiger partial charge in [-0.3, -0.25) is 4.79 Å². The van der Waals surface area contributed by atoms with E-state index in [-0.39, 0.29) is 11.8 Å². The molecule has 1 heterocycles. The van der Waals surface area contributed by atoms with Gasteiger partial charge >= 0.3 is 0 Å². The summed E-state index contributed by atoms with van der Waals surface area (Å²) in [5.41, 5.74) is 2.97. The van der Waals surface area contributed by atoms with Gasteiger partial charge in [0.25, 0.3) is 0 Å². The number of benzene rings is 1. The van der Waals surface area contributed by atoms with Crippen LogP contribution in [-0.4, -0.2) is 22.5 Å². The van der Waals surface area contributed by atoms with E-state index in [1.54, 1.807) is 11.2 Å². The van der Waals surface area contributed by atoms with Gasteiger partial charge in [-0.25, -0.2) is 4.98 Å². The molecule has 0 N–H and O–H groups in total. The van der Waals surface area contributed by atoms with Gasteiger partial charge in [0.1, 0.15) is 0 Å². The predicted molar refractivity (Wildman–Crippen MR) is 80.7 cm³/mol. The first kappa shape index (κ1) is 13.2. The lowest BCUT2D eigenvalue weighted by molar-refractivity contribution is -0.123. The Bertz CT molecular complexity index is 626. The van der Waals surface area contributed by atoms with Crippen molar-refractivity contribution in [2.24, 2.45) is 13.0 Å². The van der Waals surface area contributed by atoms with E-state index in [9.17, 15) is 4.79 Å². The molecular formula is C16H21N3O. The second kappa shape index (κ2) is 5.27. The molecule has 1 aliphatic rings. The third-order valence-electron chi connectivity index (χ3n) is 4.38. The molecule has 1 aromatic carbocycles. The molecule has 0 atom stereocenters. The topological polar surface area (TPSA) is 38.1 Å². The van der Waals surface area contributed by atoms with Crippen molar-refractivity contribution in [1.29, 1.82) is 0 Å². The molecule has 1 saturated carbocycles. The molecule has 0 bridgehead atoms. The minimum absolute atomic E-state index is 0.202. The second-order valence-electron chi connectivity index (χ2n) is 5.76. The maximum absolute atomic E-state index is 12.5. The Morgan fingerprint density at radius 3 is 2.80 bits per heavy atom. The Kier molecular flexibility index (Phi) is 3.47. The lowest BCUT2D eigenvalue weighted by Gasteiger charge is -2.26. The summed E-state index contributed by atoms with van der Waals surface area (Å²) in [5.74, 6) is 0.452. The van der Waals surface area contributed by atoms with Crippen molar-refractivity contribution in [3.63, 3.8) is 0 Å². The number of carbonyl (C=O) groups is 1. The zero-order valence-electron chi connectivity index (χ0n) is 12.2. The number of fused-ring (bicyclic) bond motifs is 1. The number of nitrogens with zero attached hydrogens (tertiary/aromatic N) is 3. The first-order valence-electron chi connectivity index (χ1n) is 7.35. The van der Waals surface area contributed by atoms with Crippen LogP contribution >= 0.6 is 0 Å².